The van der Waals surface area contributed by atoms with E-state index in [9.17, 15) is 4.79 Å². The van der Waals surface area contributed by atoms with Crippen LogP contribution < -0.4 is 0 Å². The molecular formula is C7H13NO3. The molecule has 4 heteroatoms. The smallest absolute Gasteiger partial charge is 0.274 e. The molecule has 0 aromatic heterocycles. The van der Waals surface area contributed by atoms with Crippen molar-refractivity contribution in [3.63, 3.8) is 0 Å². The fourth-order valence-electron chi connectivity index (χ4n) is 1.09. The van der Waals surface area contributed by atoms with E-state index in [1.165, 1.54) is 0 Å². The van der Waals surface area contributed by atoms with Crippen LogP contribution in [0.3, 0.4) is 0 Å². The van der Waals surface area contributed by atoms with E-state index >= 15 is 0 Å². The quantitative estimate of drug-likeness (QED) is 0.468. The van der Waals surface area contributed by atoms with Crippen LogP contribution in [-0.2, 0) is 9.53 Å². The van der Waals surface area contributed by atoms with Crippen LogP contribution in [0.25, 0.3) is 0 Å². The Hall–Kier alpha value is -0.610. The van der Waals surface area contributed by atoms with E-state index < -0.39 is 6.10 Å². The van der Waals surface area contributed by atoms with Crippen molar-refractivity contribution in [3.05, 3.63) is 0 Å². The molecule has 1 aliphatic rings. The summed E-state index contributed by atoms with van der Waals surface area (Å²) in [6.45, 7) is 2.67. The van der Waals surface area contributed by atoms with Crippen molar-refractivity contribution in [2.75, 3.05) is 13.2 Å². The van der Waals surface area contributed by atoms with Crippen molar-refractivity contribution in [1.29, 1.82) is 0 Å². The Bertz CT molecular complexity index is 143. The molecule has 1 aliphatic heterocycles. The van der Waals surface area contributed by atoms with Crippen molar-refractivity contribution < 1.29 is 14.7 Å². The second kappa shape index (κ2) is 3.69. The summed E-state index contributed by atoms with van der Waals surface area (Å²) in [5.74, 6) is -0.315. The maximum atomic E-state index is 11.1. The van der Waals surface area contributed by atoms with Crippen LogP contribution >= 0.6 is 0 Å². The predicted octanol–water partition coefficient (Wildman–Crippen LogP) is 0.403. The summed E-state index contributed by atoms with van der Waals surface area (Å²) in [5.41, 5.74) is 0. The lowest BCUT2D eigenvalue weighted by atomic mass is 10.2. The van der Waals surface area contributed by atoms with E-state index in [1.807, 2.05) is 0 Å². The molecular weight excluding hydrogens is 146 g/mol. The van der Waals surface area contributed by atoms with Crippen LogP contribution in [0, 0.1) is 0 Å². The van der Waals surface area contributed by atoms with Crippen LogP contribution in [0.15, 0.2) is 0 Å². The first-order chi connectivity index (χ1) is 5.25. The second-order valence-electron chi connectivity index (χ2n) is 2.56. The Morgan fingerprint density at radius 3 is 3.00 bits per heavy atom. The van der Waals surface area contributed by atoms with E-state index in [-0.39, 0.29) is 5.91 Å². The largest absolute Gasteiger partial charge is 0.368 e. The zero-order chi connectivity index (χ0) is 8.27. The summed E-state index contributed by atoms with van der Waals surface area (Å²) in [6.07, 6.45) is 1.24. The maximum Gasteiger partial charge on any atom is 0.274 e. The summed E-state index contributed by atoms with van der Waals surface area (Å²) in [7, 11) is 0. The number of nitrogens with zero attached hydrogens (tertiary/aromatic N) is 1. The number of likely N-dealkylation sites (N-methyl/N-ethyl adjacent to an activating group) is 1. The van der Waals surface area contributed by atoms with Crippen LogP contribution in [-0.4, -0.2) is 35.4 Å². The number of ether oxygens (including phenoxy) is 1. The highest BCUT2D eigenvalue weighted by Crippen LogP contribution is 2.13. The average molecular weight is 159 g/mol. The molecule has 0 aliphatic carbocycles. The van der Waals surface area contributed by atoms with Gasteiger partial charge < -0.3 is 4.74 Å². The Balaban J connectivity index is 2.39. The Morgan fingerprint density at radius 2 is 2.55 bits per heavy atom. The van der Waals surface area contributed by atoms with Crippen molar-refractivity contribution in [2.45, 2.75) is 25.9 Å². The molecule has 1 fully saturated rings. The summed E-state index contributed by atoms with van der Waals surface area (Å²) in [6, 6.07) is 0. The first kappa shape index (κ1) is 8.49. The molecule has 1 rings (SSSR count). The monoisotopic (exact) mass is 159 g/mol. The minimum atomic E-state index is -0.403. The zero-order valence-electron chi connectivity index (χ0n) is 6.62. The van der Waals surface area contributed by atoms with E-state index in [1.54, 1.807) is 6.92 Å². The molecule has 4 nitrogen and oxygen atoms in total. The second-order valence-corrected chi connectivity index (χ2v) is 2.56. The van der Waals surface area contributed by atoms with Gasteiger partial charge in [0.15, 0.2) is 0 Å². The lowest BCUT2D eigenvalue weighted by Gasteiger charge is -2.15. The standard InChI is InChI=1S/C7H13NO3/c1-2-8(10)7(9)6-4-3-5-11-6/h6,10H,2-5H2,1H3. The molecule has 0 aromatic rings. The third kappa shape index (κ3) is 1.91. The van der Waals surface area contributed by atoms with Gasteiger partial charge in [0.25, 0.3) is 5.91 Å². The molecule has 64 valence electrons. The molecule has 1 amide bonds. The van der Waals surface area contributed by atoms with Crippen LogP contribution in [0.5, 0.6) is 0 Å². The molecule has 0 bridgehead atoms. The number of hydroxylamine groups is 2. The van der Waals surface area contributed by atoms with Gasteiger partial charge in [0.2, 0.25) is 0 Å². The van der Waals surface area contributed by atoms with Gasteiger partial charge in [0.05, 0.1) is 0 Å². The molecule has 0 saturated carbocycles. The average Bonchev–Trinajstić information content (AvgIpc) is 2.53. The fourth-order valence-corrected chi connectivity index (χ4v) is 1.09. The van der Waals surface area contributed by atoms with E-state index in [4.69, 9.17) is 9.94 Å². The summed E-state index contributed by atoms with van der Waals surface area (Å²) in [4.78, 5) is 11.1. The van der Waals surface area contributed by atoms with Gasteiger partial charge in [0, 0.05) is 13.2 Å². The van der Waals surface area contributed by atoms with Crippen LogP contribution in [0.2, 0.25) is 0 Å². The molecule has 0 aromatic carbocycles. The van der Waals surface area contributed by atoms with Crippen molar-refractivity contribution in [2.24, 2.45) is 0 Å². The molecule has 11 heavy (non-hydrogen) atoms. The number of amides is 1. The Morgan fingerprint density at radius 1 is 1.82 bits per heavy atom. The van der Waals surface area contributed by atoms with Gasteiger partial charge in [0.1, 0.15) is 6.10 Å². The minimum Gasteiger partial charge on any atom is -0.368 e. The molecule has 1 saturated heterocycles. The first-order valence-electron chi connectivity index (χ1n) is 3.87. The molecule has 1 unspecified atom stereocenters. The summed E-state index contributed by atoms with van der Waals surface area (Å²) >= 11 is 0. The van der Waals surface area contributed by atoms with Crippen LogP contribution in [0.4, 0.5) is 0 Å². The highest BCUT2D eigenvalue weighted by atomic mass is 16.5. The molecule has 1 heterocycles. The highest BCUT2D eigenvalue weighted by molar-refractivity contribution is 5.79. The topological polar surface area (TPSA) is 49.8 Å². The summed E-state index contributed by atoms with van der Waals surface area (Å²) < 4.78 is 5.09. The number of rotatable bonds is 2. The lowest BCUT2D eigenvalue weighted by Crippen LogP contribution is -2.36. The number of carbonyl (C=O) groups excluding carboxylic acids is 1. The SMILES string of the molecule is CCN(O)C(=O)C1CCCO1. The van der Waals surface area contributed by atoms with Crippen LogP contribution in [0.1, 0.15) is 19.8 Å². The highest BCUT2D eigenvalue weighted by Gasteiger charge is 2.26. The van der Waals surface area contributed by atoms with Gasteiger partial charge in [-0.2, -0.15) is 0 Å². The van der Waals surface area contributed by atoms with E-state index in [0.717, 1.165) is 12.8 Å². The van der Waals surface area contributed by atoms with Crippen molar-refractivity contribution in [3.8, 4) is 0 Å². The van der Waals surface area contributed by atoms with Crippen molar-refractivity contribution in [1.82, 2.24) is 5.06 Å². The Labute approximate surface area is 65.7 Å². The molecule has 0 radical (unpaired) electrons. The Kier molecular flexibility index (Phi) is 2.84. The van der Waals surface area contributed by atoms with Gasteiger partial charge in [-0.1, -0.05) is 0 Å². The van der Waals surface area contributed by atoms with Crippen molar-refractivity contribution >= 4 is 5.91 Å². The maximum absolute atomic E-state index is 11.1. The number of hydrogen-bond acceptors (Lipinski definition) is 3. The lowest BCUT2D eigenvalue weighted by molar-refractivity contribution is -0.174. The summed E-state index contributed by atoms with van der Waals surface area (Å²) in [5, 5.41) is 9.70. The minimum absolute atomic E-state index is 0.315. The molecule has 1 atom stereocenters. The third-order valence-corrected chi connectivity index (χ3v) is 1.76. The van der Waals surface area contributed by atoms with Gasteiger partial charge in [-0.3, -0.25) is 10.0 Å². The van der Waals surface area contributed by atoms with E-state index in [2.05, 4.69) is 0 Å². The van der Waals surface area contributed by atoms with E-state index in [0.29, 0.717) is 18.2 Å². The van der Waals surface area contributed by atoms with Gasteiger partial charge in [-0.15, -0.1) is 0 Å². The normalized spacial score (nSPS) is 23.6. The predicted molar refractivity (Wildman–Crippen MR) is 38.1 cm³/mol. The first-order valence-corrected chi connectivity index (χ1v) is 3.87. The van der Waals surface area contributed by atoms with Gasteiger partial charge in [-0.05, 0) is 19.8 Å². The van der Waals surface area contributed by atoms with Gasteiger partial charge in [-0.25, -0.2) is 5.06 Å². The number of hydrogen-bond donors (Lipinski definition) is 1. The molecule has 1 N–H and O–H groups in total. The zero-order valence-corrected chi connectivity index (χ0v) is 6.62. The van der Waals surface area contributed by atoms with Gasteiger partial charge >= 0.3 is 0 Å². The third-order valence-electron chi connectivity index (χ3n) is 1.76. The number of carbonyl (C=O) groups is 1. The fraction of sp³-hybridized carbons (Fsp3) is 0.857. The molecule has 0 spiro atoms.